The van der Waals surface area contributed by atoms with Crippen molar-refractivity contribution in [3.63, 3.8) is 0 Å². The van der Waals surface area contributed by atoms with Crippen LogP contribution in [0.1, 0.15) is 49.5 Å². The van der Waals surface area contributed by atoms with E-state index in [4.69, 9.17) is 5.73 Å². The van der Waals surface area contributed by atoms with Crippen LogP contribution < -0.4 is 5.73 Å². The Morgan fingerprint density at radius 3 is 2.82 bits per heavy atom. The van der Waals surface area contributed by atoms with E-state index in [0.717, 1.165) is 0 Å². The molecule has 17 heavy (non-hydrogen) atoms. The van der Waals surface area contributed by atoms with Gasteiger partial charge in [-0.2, -0.15) is 0 Å². The summed E-state index contributed by atoms with van der Waals surface area (Å²) < 4.78 is 2.26. The molecule has 1 aliphatic rings. The van der Waals surface area contributed by atoms with Gasteiger partial charge in [-0.15, -0.1) is 0 Å². The van der Waals surface area contributed by atoms with Crippen LogP contribution in [0.3, 0.4) is 0 Å². The van der Waals surface area contributed by atoms with Crippen molar-refractivity contribution in [2.45, 2.75) is 44.6 Å². The van der Waals surface area contributed by atoms with Crippen LogP contribution in [0.2, 0.25) is 0 Å². The summed E-state index contributed by atoms with van der Waals surface area (Å²) in [6.45, 7) is 0.577. The fraction of sp³-hybridized carbons (Fsp3) is 0.500. The molecule has 3 heteroatoms. The molecule has 0 radical (unpaired) electrons. The van der Waals surface area contributed by atoms with Crippen molar-refractivity contribution in [3.8, 4) is 0 Å². The second kappa shape index (κ2) is 4.49. The van der Waals surface area contributed by atoms with Crippen molar-refractivity contribution in [2.24, 2.45) is 5.73 Å². The van der Waals surface area contributed by atoms with Gasteiger partial charge in [-0.3, -0.25) is 4.40 Å². The first-order chi connectivity index (χ1) is 8.40. The number of nitrogens with two attached hydrogens (primary N) is 1. The molecule has 0 bridgehead atoms. The monoisotopic (exact) mass is 229 g/mol. The maximum absolute atomic E-state index is 5.82. The predicted molar refractivity (Wildman–Crippen MR) is 68.9 cm³/mol. The normalized spacial score (nSPS) is 17.7. The van der Waals surface area contributed by atoms with Gasteiger partial charge in [0.1, 0.15) is 5.82 Å². The van der Waals surface area contributed by atoms with Crippen molar-refractivity contribution in [1.29, 1.82) is 0 Å². The molecule has 1 fully saturated rings. The van der Waals surface area contributed by atoms with Crippen molar-refractivity contribution < 1.29 is 0 Å². The highest BCUT2D eigenvalue weighted by Gasteiger charge is 2.20. The molecular formula is C14H19N3. The Kier molecular flexibility index (Phi) is 2.85. The minimum absolute atomic E-state index is 0.577. The Morgan fingerprint density at radius 1 is 1.24 bits per heavy atom. The fourth-order valence-electron chi connectivity index (χ4n) is 2.95. The molecule has 0 aromatic carbocycles. The molecule has 0 spiro atoms. The molecule has 0 saturated heterocycles. The zero-order valence-corrected chi connectivity index (χ0v) is 10.1. The van der Waals surface area contributed by atoms with Gasteiger partial charge in [0.05, 0.1) is 11.7 Å². The molecule has 2 aromatic heterocycles. The van der Waals surface area contributed by atoms with Crippen molar-refractivity contribution in [1.82, 2.24) is 9.38 Å². The van der Waals surface area contributed by atoms with Gasteiger partial charge in [-0.05, 0) is 25.0 Å². The third-order valence-electron chi connectivity index (χ3n) is 3.84. The number of fused-ring (bicyclic) bond motifs is 1. The number of imidazole rings is 1. The smallest absolute Gasteiger partial charge is 0.116 e. The maximum atomic E-state index is 5.82. The van der Waals surface area contributed by atoms with E-state index in [1.807, 2.05) is 6.20 Å². The van der Waals surface area contributed by atoms with Crippen molar-refractivity contribution in [3.05, 3.63) is 35.9 Å². The molecular weight excluding hydrogens is 210 g/mol. The highest BCUT2D eigenvalue weighted by atomic mass is 15.0. The van der Waals surface area contributed by atoms with Crippen molar-refractivity contribution in [2.75, 3.05) is 0 Å². The summed E-state index contributed by atoms with van der Waals surface area (Å²) in [7, 11) is 0. The summed E-state index contributed by atoms with van der Waals surface area (Å²) in [6.07, 6.45) is 8.58. The lowest BCUT2D eigenvalue weighted by Crippen LogP contribution is -2.12. The maximum Gasteiger partial charge on any atom is 0.116 e. The number of aromatic nitrogens is 2. The number of hydrogen-bond acceptors (Lipinski definition) is 2. The summed E-state index contributed by atoms with van der Waals surface area (Å²) in [6, 6.07) is 6.27. The fourth-order valence-corrected chi connectivity index (χ4v) is 2.95. The minimum Gasteiger partial charge on any atom is -0.325 e. The molecule has 0 amide bonds. The van der Waals surface area contributed by atoms with Crippen LogP contribution in [-0.2, 0) is 6.54 Å². The number of hydrogen-bond donors (Lipinski definition) is 1. The Morgan fingerprint density at radius 2 is 2.06 bits per heavy atom. The molecule has 1 aliphatic carbocycles. The lowest BCUT2D eigenvalue weighted by Gasteiger charge is -2.21. The van der Waals surface area contributed by atoms with E-state index < -0.39 is 0 Å². The quantitative estimate of drug-likeness (QED) is 0.860. The molecule has 0 atom stereocenters. The first-order valence-corrected chi connectivity index (χ1v) is 6.55. The second-order valence-corrected chi connectivity index (χ2v) is 4.93. The summed E-state index contributed by atoms with van der Waals surface area (Å²) in [5.74, 6) is 1.85. The van der Waals surface area contributed by atoms with Gasteiger partial charge < -0.3 is 5.73 Å². The van der Waals surface area contributed by atoms with E-state index in [2.05, 4.69) is 27.6 Å². The zero-order chi connectivity index (χ0) is 11.7. The van der Waals surface area contributed by atoms with Crippen LogP contribution >= 0.6 is 0 Å². The van der Waals surface area contributed by atoms with E-state index in [0.29, 0.717) is 12.5 Å². The third kappa shape index (κ3) is 1.84. The van der Waals surface area contributed by atoms with Gasteiger partial charge in [0.15, 0.2) is 0 Å². The molecule has 2 N–H and O–H groups in total. The van der Waals surface area contributed by atoms with E-state index in [1.165, 1.54) is 49.1 Å². The Balaban J connectivity index is 2.09. The summed E-state index contributed by atoms with van der Waals surface area (Å²) in [4.78, 5) is 4.64. The van der Waals surface area contributed by atoms with Crippen LogP contribution in [-0.4, -0.2) is 9.38 Å². The minimum atomic E-state index is 0.577. The number of nitrogens with zero attached hydrogens (tertiary/aromatic N) is 2. The van der Waals surface area contributed by atoms with Crippen LogP contribution in [0.15, 0.2) is 24.4 Å². The van der Waals surface area contributed by atoms with Crippen LogP contribution in [0.4, 0.5) is 0 Å². The highest BCUT2D eigenvalue weighted by molar-refractivity contribution is 5.48. The lowest BCUT2D eigenvalue weighted by molar-refractivity contribution is 0.427. The Labute approximate surface area is 102 Å². The molecule has 90 valence electrons. The average molecular weight is 229 g/mol. The molecule has 3 nitrogen and oxygen atoms in total. The molecule has 2 aromatic rings. The van der Waals surface area contributed by atoms with Crippen LogP contribution in [0, 0.1) is 0 Å². The Hall–Kier alpha value is -1.35. The third-order valence-corrected chi connectivity index (χ3v) is 3.84. The van der Waals surface area contributed by atoms with Gasteiger partial charge in [0, 0.05) is 18.2 Å². The van der Waals surface area contributed by atoms with Gasteiger partial charge in [0.2, 0.25) is 0 Å². The molecule has 2 heterocycles. The predicted octanol–water partition coefficient (Wildman–Crippen LogP) is 2.84. The number of rotatable bonds is 2. The van der Waals surface area contributed by atoms with Gasteiger partial charge in [-0.1, -0.05) is 25.3 Å². The first-order valence-electron chi connectivity index (χ1n) is 6.55. The van der Waals surface area contributed by atoms with Gasteiger partial charge in [0.25, 0.3) is 0 Å². The summed E-state index contributed by atoms with van der Waals surface area (Å²) in [5, 5.41) is 0. The largest absolute Gasteiger partial charge is 0.325 e. The molecule has 1 saturated carbocycles. The summed E-state index contributed by atoms with van der Waals surface area (Å²) >= 11 is 0. The standard InChI is InChI=1S/C14H19N3/c15-9-12-7-4-8-13-10-16-14(17(12)13)11-5-2-1-3-6-11/h4,7-8,10-11H,1-3,5-6,9,15H2. The van der Waals surface area contributed by atoms with Crippen LogP contribution in [0.25, 0.3) is 5.52 Å². The molecule has 0 aliphatic heterocycles. The first kappa shape index (κ1) is 10.8. The average Bonchev–Trinajstić information content (AvgIpc) is 2.83. The van der Waals surface area contributed by atoms with Crippen LogP contribution in [0.5, 0.6) is 0 Å². The SMILES string of the molecule is NCc1cccc2cnc(C3CCCCC3)n12. The van der Waals surface area contributed by atoms with Gasteiger partial charge in [-0.25, -0.2) is 4.98 Å². The zero-order valence-electron chi connectivity index (χ0n) is 10.1. The van der Waals surface area contributed by atoms with E-state index in [1.54, 1.807) is 0 Å². The van der Waals surface area contributed by atoms with Crippen molar-refractivity contribution >= 4 is 5.52 Å². The number of pyridine rings is 1. The topological polar surface area (TPSA) is 43.3 Å². The highest BCUT2D eigenvalue weighted by Crippen LogP contribution is 2.32. The molecule has 3 rings (SSSR count). The second-order valence-electron chi connectivity index (χ2n) is 4.93. The lowest BCUT2D eigenvalue weighted by atomic mass is 9.88. The van der Waals surface area contributed by atoms with E-state index >= 15 is 0 Å². The summed E-state index contributed by atoms with van der Waals surface area (Å²) in [5.41, 5.74) is 8.17. The Bertz CT molecular complexity index is 509. The molecule has 0 unspecified atom stereocenters. The van der Waals surface area contributed by atoms with Gasteiger partial charge >= 0.3 is 0 Å². The van der Waals surface area contributed by atoms with E-state index in [-0.39, 0.29) is 0 Å². The van der Waals surface area contributed by atoms with E-state index in [9.17, 15) is 0 Å².